The van der Waals surface area contributed by atoms with Crippen LogP contribution in [0.1, 0.15) is 12.0 Å². The third kappa shape index (κ3) is 3.25. The lowest BCUT2D eigenvalue weighted by Gasteiger charge is -2.09. The number of carboxylic acid groups (broad SMARTS) is 1. The van der Waals surface area contributed by atoms with Crippen molar-refractivity contribution >= 4 is 17.9 Å². The molecule has 18 heavy (non-hydrogen) atoms. The second kappa shape index (κ2) is 5.23. The number of hydrogen-bond acceptors (Lipinski definition) is 2. The molecule has 0 fully saturated rings. The normalized spacial score (nSPS) is 16.4. The topological polar surface area (TPSA) is 75.3 Å². The van der Waals surface area contributed by atoms with Gasteiger partial charge in [-0.3, -0.25) is 5.32 Å². The predicted molar refractivity (Wildman–Crippen MR) is 71.8 cm³/mol. The van der Waals surface area contributed by atoms with Crippen LogP contribution in [-0.4, -0.2) is 11.2 Å². The van der Waals surface area contributed by atoms with E-state index in [4.69, 9.17) is 10.8 Å². The fourth-order valence-electron chi connectivity index (χ4n) is 1.69. The predicted octanol–water partition coefficient (Wildman–Crippen LogP) is 2.76. The van der Waals surface area contributed by atoms with Crippen LogP contribution in [0.15, 0.2) is 53.8 Å². The fourth-order valence-corrected chi connectivity index (χ4v) is 1.69. The summed E-state index contributed by atoms with van der Waals surface area (Å²) < 4.78 is 0. The summed E-state index contributed by atoms with van der Waals surface area (Å²) in [5, 5.41) is 10.9. The van der Waals surface area contributed by atoms with E-state index in [1.807, 2.05) is 42.5 Å². The Labute approximate surface area is 105 Å². The molecule has 0 unspecified atom stereocenters. The molecule has 2 rings (SSSR count). The van der Waals surface area contributed by atoms with E-state index in [1.54, 1.807) is 6.08 Å². The van der Waals surface area contributed by atoms with Crippen LogP contribution in [0.2, 0.25) is 0 Å². The first-order valence-electron chi connectivity index (χ1n) is 5.58. The van der Waals surface area contributed by atoms with Gasteiger partial charge in [0.1, 0.15) is 0 Å². The van der Waals surface area contributed by atoms with Gasteiger partial charge in [-0.15, -0.1) is 0 Å². The number of benzene rings is 1. The molecule has 0 heterocycles. The first kappa shape index (κ1) is 12.0. The van der Waals surface area contributed by atoms with E-state index in [2.05, 4.69) is 5.32 Å². The molecular formula is C14H14N2O2. The molecule has 4 heteroatoms. The quantitative estimate of drug-likeness (QED) is 0.698. The number of amides is 1. The molecule has 92 valence electrons. The molecule has 1 aliphatic carbocycles. The van der Waals surface area contributed by atoms with E-state index < -0.39 is 6.09 Å². The van der Waals surface area contributed by atoms with Gasteiger partial charge in [0.25, 0.3) is 0 Å². The van der Waals surface area contributed by atoms with E-state index in [0.717, 1.165) is 16.8 Å². The summed E-state index contributed by atoms with van der Waals surface area (Å²) in [4.78, 5) is 10.5. The Kier molecular flexibility index (Phi) is 3.48. The largest absolute Gasteiger partial charge is 0.465 e. The molecule has 0 atom stereocenters. The molecule has 0 aromatic heterocycles. The van der Waals surface area contributed by atoms with Gasteiger partial charge in [0.05, 0.1) is 0 Å². The number of rotatable bonds is 2. The van der Waals surface area contributed by atoms with Crippen molar-refractivity contribution in [2.24, 2.45) is 0 Å². The molecule has 1 aliphatic rings. The van der Waals surface area contributed by atoms with Crippen molar-refractivity contribution in [1.29, 1.82) is 0 Å². The van der Waals surface area contributed by atoms with Crippen molar-refractivity contribution in [2.75, 3.05) is 5.73 Å². The number of nitrogens with one attached hydrogen (secondary N) is 1. The number of allylic oxidation sites excluding steroid dienone is 4. The van der Waals surface area contributed by atoms with Crippen LogP contribution in [0.4, 0.5) is 10.5 Å². The third-order valence-electron chi connectivity index (χ3n) is 2.57. The first-order chi connectivity index (χ1) is 8.63. The van der Waals surface area contributed by atoms with Crippen LogP contribution in [0.3, 0.4) is 0 Å². The summed E-state index contributed by atoms with van der Waals surface area (Å²) in [5.41, 5.74) is 9.16. The molecule has 0 saturated heterocycles. The standard InChI is InChI=1S/C14H14N2O2/c15-12-5-1-10(2-6-12)9-11-3-7-13(8-4-11)16-14(17)18/h1-3,5-9,16H,4,15H2,(H,17,18). The summed E-state index contributed by atoms with van der Waals surface area (Å²) in [5.74, 6) is 0. The molecule has 1 amide bonds. The summed E-state index contributed by atoms with van der Waals surface area (Å²) in [6.45, 7) is 0. The van der Waals surface area contributed by atoms with Gasteiger partial charge >= 0.3 is 6.09 Å². The fraction of sp³-hybridized carbons (Fsp3) is 0.0714. The van der Waals surface area contributed by atoms with Crippen LogP contribution in [0.5, 0.6) is 0 Å². The summed E-state index contributed by atoms with van der Waals surface area (Å²) >= 11 is 0. The monoisotopic (exact) mass is 242 g/mol. The second-order valence-corrected chi connectivity index (χ2v) is 4.01. The van der Waals surface area contributed by atoms with Crippen molar-refractivity contribution in [2.45, 2.75) is 6.42 Å². The Morgan fingerprint density at radius 1 is 1.28 bits per heavy atom. The van der Waals surface area contributed by atoms with Crippen LogP contribution in [0, 0.1) is 0 Å². The lowest BCUT2D eigenvalue weighted by molar-refractivity contribution is 0.198. The van der Waals surface area contributed by atoms with E-state index >= 15 is 0 Å². The van der Waals surface area contributed by atoms with Gasteiger partial charge in [-0.05, 0) is 35.8 Å². The lowest BCUT2D eigenvalue weighted by Crippen LogP contribution is -2.19. The van der Waals surface area contributed by atoms with Gasteiger partial charge in [0, 0.05) is 11.4 Å². The molecule has 0 spiro atoms. The Morgan fingerprint density at radius 2 is 2.00 bits per heavy atom. The zero-order valence-corrected chi connectivity index (χ0v) is 9.76. The maximum absolute atomic E-state index is 10.5. The molecule has 0 aliphatic heterocycles. The summed E-state index contributed by atoms with van der Waals surface area (Å²) in [7, 11) is 0. The Bertz CT molecular complexity index is 539. The van der Waals surface area contributed by atoms with Crippen LogP contribution >= 0.6 is 0 Å². The van der Waals surface area contributed by atoms with E-state index in [9.17, 15) is 4.79 Å². The van der Waals surface area contributed by atoms with Crippen molar-refractivity contribution in [3.05, 3.63) is 59.3 Å². The molecule has 4 nitrogen and oxygen atoms in total. The zero-order chi connectivity index (χ0) is 13.0. The maximum Gasteiger partial charge on any atom is 0.409 e. The highest BCUT2D eigenvalue weighted by atomic mass is 16.4. The molecule has 1 aromatic rings. The van der Waals surface area contributed by atoms with Crippen LogP contribution in [-0.2, 0) is 0 Å². The Morgan fingerprint density at radius 3 is 2.56 bits per heavy atom. The molecule has 0 bridgehead atoms. The minimum Gasteiger partial charge on any atom is -0.465 e. The van der Waals surface area contributed by atoms with Crippen molar-refractivity contribution < 1.29 is 9.90 Å². The Balaban J connectivity index is 2.06. The smallest absolute Gasteiger partial charge is 0.409 e. The van der Waals surface area contributed by atoms with Gasteiger partial charge in [-0.2, -0.15) is 0 Å². The minimum atomic E-state index is -1.04. The SMILES string of the molecule is Nc1ccc(C=C2C=CC(NC(=O)O)=CC2)cc1. The highest BCUT2D eigenvalue weighted by molar-refractivity contribution is 5.68. The van der Waals surface area contributed by atoms with E-state index in [1.165, 1.54) is 0 Å². The number of anilines is 1. The highest BCUT2D eigenvalue weighted by Crippen LogP contribution is 2.18. The van der Waals surface area contributed by atoms with Gasteiger partial charge in [0.2, 0.25) is 0 Å². The lowest BCUT2D eigenvalue weighted by atomic mass is 10.0. The van der Waals surface area contributed by atoms with Gasteiger partial charge in [-0.25, -0.2) is 4.79 Å². The average Bonchev–Trinajstić information content (AvgIpc) is 2.34. The summed E-state index contributed by atoms with van der Waals surface area (Å²) in [6.07, 6.45) is 7.21. The third-order valence-corrected chi connectivity index (χ3v) is 2.57. The Hall–Kier alpha value is -2.49. The number of carbonyl (C=O) groups is 1. The first-order valence-corrected chi connectivity index (χ1v) is 5.58. The molecular weight excluding hydrogens is 228 g/mol. The van der Waals surface area contributed by atoms with E-state index in [-0.39, 0.29) is 0 Å². The van der Waals surface area contributed by atoms with Crippen LogP contribution < -0.4 is 11.1 Å². The van der Waals surface area contributed by atoms with Gasteiger partial charge in [0.15, 0.2) is 0 Å². The average molecular weight is 242 g/mol. The number of hydrogen-bond donors (Lipinski definition) is 3. The van der Waals surface area contributed by atoms with Gasteiger partial charge in [-0.1, -0.05) is 30.4 Å². The molecule has 4 N–H and O–H groups in total. The maximum atomic E-state index is 10.5. The van der Waals surface area contributed by atoms with Gasteiger partial charge < -0.3 is 10.8 Å². The second-order valence-electron chi connectivity index (χ2n) is 4.01. The summed E-state index contributed by atoms with van der Waals surface area (Å²) in [6, 6.07) is 7.61. The number of nitrogens with two attached hydrogens (primary N) is 1. The van der Waals surface area contributed by atoms with Crippen molar-refractivity contribution in [3.63, 3.8) is 0 Å². The van der Waals surface area contributed by atoms with Crippen LogP contribution in [0.25, 0.3) is 6.08 Å². The van der Waals surface area contributed by atoms with Crippen molar-refractivity contribution in [1.82, 2.24) is 5.32 Å². The number of nitrogen functional groups attached to an aromatic ring is 1. The molecule has 1 aromatic carbocycles. The zero-order valence-electron chi connectivity index (χ0n) is 9.76. The molecule has 0 saturated carbocycles. The highest BCUT2D eigenvalue weighted by Gasteiger charge is 2.03. The minimum absolute atomic E-state index is 0.608. The van der Waals surface area contributed by atoms with Crippen molar-refractivity contribution in [3.8, 4) is 0 Å². The van der Waals surface area contributed by atoms with E-state index in [0.29, 0.717) is 12.1 Å². The molecule has 0 radical (unpaired) electrons.